The number of hydrogen-bond donors (Lipinski definition) is 1. The largest absolute Gasteiger partial charge is 0.378 e. The van der Waals surface area contributed by atoms with Crippen LogP contribution in [0.15, 0.2) is 42.5 Å². The highest BCUT2D eigenvalue weighted by Gasteiger charge is 2.36. The molecule has 0 bridgehead atoms. The minimum absolute atomic E-state index is 0.0852. The second kappa shape index (κ2) is 9.06. The number of nitrogens with one attached hydrogen (secondary N) is 1. The number of anilines is 2. The molecular weight excluding hydrogens is 397 g/mol. The van der Waals surface area contributed by atoms with E-state index in [1.54, 1.807) is 19.1 Å². The predicted octanol–water partition coefficient (Wildman–Crippen LogP) is 3.20. The molecule has 2 aliphatic heterocycles. The predicted molar refractivity (Wildman–Crippen MR) is 118 cm³/mol. The molecule has 0 aromatic heterocycles. The van der Waals surface area contributed by atoms with Crippen LogP contribution in [0.5, 0.6) is 0 Å². The molecule has 2 heterocycles. The summed E-state index contributed by atoms with van der Waals surface area (Å²) in [5.41, 5.74) is 3.16. The van der Waals surface area contributed by atoms with Gasteiger partial charge in [-0.05, 0) is 49.2 Å². The highest BCUT2D eigenvalue weighted by atomic mass is 19.1. The quantitative estimate of drug-likeness (QED) is 0.799. The van der Waals surface area contributed by atoms with Gasteiger partial charge in [0.25, 0.3) is 0 Å². The van der Waals surface area contributed by atoms with Crippen LogP contribution in [0.2, 0.25) is 0 Å². The van der Waals surface area contributed by atoms with Crippen molar-refractivity contribution in [3.63, 3.8) is 0 Å². The van der Waals surface area contributed by atoms with E-state index in [1.807, 2.05) is 19.1 Å². The lowest BCUT2D eigenvalue weighted by Crippen LogP contribution is -2.36. The van der Waals surface area contributed by atoms with E-state index >= 15 is 0 Å². The Balaban J connectivity index is 1.37. The van der Waals surface area contributed by atoms with Gasteiger partial charge in [-0.1, -0.05) is 18.2 Å². The van der Waals surface area contributed by atoms with E-state index in [4.69, 9.17) is 4.74 Å². The molecule has 4 rings (SSSR count). The fourth-order valence-corrected chi connectivity index (χ4v) is 4.16. The molecule has 7 heteroatoms. The minimum atomic E-state index is -0.497. The Morgan fingerprint density at radius 3 is 2.55 bits per heavy atom. The average Bonchev–Trinajstić information content (AvgIpc) is 3.16. The normalized spacial score (nSPS) is 20.1. The minimum Gasteiger partial charge on any atom is -0.378 e. The van der Waals surface area contributed by atoms with Crippen LogP contribution in [-0.2, 0) is 14.3 Å². The van der Waals surface area contributed by atoms with Gasteiger partial charge < -0.3 is 19.9 Å². The molecular formula is C24H28FN3O3. The van der Waals surface area contributed by atoms with Gasteiger partial charge in [-0.25, -0.2) is 4.39 Å². The van der Waals surface area contributed by atoms with Crippen LogP contribution in [0.1, 0.15) is 30.5 Å². The number of aryl methyl sites for hydroxylation is 1. The Labute approximate surface area is 182 Å². The third kappa shape index (κ3) is 4.71. The monoisotopic (exact) mass is 425 g/mol. The first-order valence-corrected chi connectivity index (χ1v) is 10.7. The van der Waals surface area contributed by atoms with Crippen molar-refractivity contribution < 1.29 is 18.7 Å². The van der Waals surface area contributed by atoms with Crippen LogP contribution < -0.4 is 15.1 Å². The Morgan fingerprint density at radius 1 is 1.16 bits per heavy atom. The van der Waals surface area contributed by atoms with Gasteiger partial charge in [-0.2, -0.15) is 0 Å². The number of rotatable bonds is 5. The lowest BCUT2D eigenvalue weighted by Gasteiger charge is -2.29. The van der Waals surface area contributed by atoms with Gasteiger partial charge in [0.05, 0.1) is 30.9 Å². The first-order valence-electron chi connectivity index (χ1n) is 10.7. The van der Waals surface area contributed by atoms with Crippen molar-refractivity contribution in [2.24, 2.45) is 5.92 Å². The number of hydrogen-bond acceptors (Lipinski definition) is 4. The maximum atomic E-state index is 14.3. The number of ether oxygens (including phenoxy) is 1. The first kappa shape index (κ1) is 21.3. The summed E-state index contributed by atoms with van der Waals surface area (Å²) in [7, 11) is 0. The summed E-state index contributed by atoms with van der Waals surface area (Å²) in [5, 5.41) is 3.01. The van der Waals surface area contributed by atoms with Crippen molar-refractivity contribution in [3.05, 3.63) is 59.4 Å². The van der Waals surface area contributed by atoms with Crippen molar-refractivity contribution >= 4 is 23.2 Å². The standard InChI is InChI=1S/C24H28FN3O3/c1-16-3-8-22(21(25)13-16)28-15-19(14-23(28)29)24(30)26-17(2)18-4-6-20(7-5-18)27-9-11-31-12-10-27/h3-8,13,17,19H,9-12,14-15H2,1-2H3,(H,26,30). The fraction of sp³-hybridized carbons (Fsp3) is 0.417. The number of amides is 2. The van der Waals surface area contributed by atoms with Crippen LogP contribution in [0.3, 0.4) is 0 Å². The summed E-state index contributed by atoms with van der Waals surface area (Å²) in [6.07, 6.45) is 0.0852. The Kier molecular flexibility index (Phi) is 6.23. The molecule has 2 aromatic carbocycles. The summed E-state index contributed by atoms with van der Waals surface area (Å²) >= 11 is 0. The van der Waals surface area contributed by atoms with E-state index in [2.05, 4.69) is 22.3 Å². The Bertz CT molecular complexity index is 957. The third-order valence-electron chi connectivity index (χ3n) is 6.02. The summed E-state index contributed by atoms with van der Waals surface area (Å²) in [5.74, 6) is -1.36. The number of halogens is 1. The first-order chi connectivity index (χ1) is 14.9. The average molecular weight is 426 g/mol. The number of carbonyl (C=O) groups is 2. The van der Waals surface area contributed by atoms with Gasteiger partial charge in [-0.3, -0.25) is 9.59 Å². The summed E-state index contributed by atoms with van der Waals surface area (Å²) in [4.78, 5) is 28.9. The molecule has 0 aliphatic carbocycles. The van der Waals surface area contributed by atoms with Gasteiger partial charge in [-0.15, -0.1) is 0 Å². The molecule has 2 aliphatic rings. The molecule has 0 radical (unpaired) electrons. The van der Waals surface area contributed by atoms with E-state index in [1.165, 1.54) is 11.0 Å². The second-order valence-electron chi connectivity index (χ2n) is 8.28. The van der Waals surface area contributed by atoms with Crippen molar-refractivity contribution in [1.29, 1.82) is 0 Å². The van der Waals surface area contributed by atoms with E-state index < -0.39 is 11.7 Å². The van der Waals surface area contributed by atoms with E-state index in [0.717, 1.165) is 43.1 Å². The fourth-order valence-electron chi connectivity index (χ4n) is 4.16. The molecule has 2 fully saturated rings. The molecule has 2 atom stereocenters. The van der Waals surface area contributed by atoms with Crippen LogP contribution in [0.25, 0.3) is 0 Å². The molecule has 2 unspecified atom stereocenters. The lowest BCUT2D eigenvalue weighted by molar-refractivity contribution is -0.126. The Morgan fingerprint density at radius 2 is 1.87 bits per heavy atom. The van der Waals surface area contributed by atoms with Gasteiger partial charge in [0.1, 0.15) is 5.82 Å². The smallest absolute Gasteiger partial charge is 0.227 e. The Hall–Kier alpha value is -2.93. The molecule has 0 saturated carbocycles. The SMILES string of the molecule is Cc1ccc(N2CC(C(=O)NC(C)c3ccc(N4CCOCC4)cc3)CC2=O)c(F)c1. The van der Waals surface area contributed by atoms with Crippen molar-refractivity contribution in [2.45, 2.75) is 26.3 Å². The van der Waals surface area contributed by atoms with Crippen LogP contribution in [-0.4, -0.2) is 44.7 Å². The van der Waals surface area contributed by atoms with E-state index in [-0.39, 0.29) is 36.5 Å². The van der Waals surface area contributed by atoms with E-state index in [9.17, 15) is 14.0 Å². The topological polar surface area (TPSA) is 61.9 Å². The molecule has 2 aromatic rings. The number of morpholine rings is 1. The third-order valence-corrected chi connectivity index (χ3v) is 6.02. The van der Waals surface area contributed by atoms with Crippen molar-refractivity contribution in [2.75, 3.05) is 42.6 Å². The molecule has 2 amide bonds. The molecule has 0 spiro atoms. The number of nitrogens with zero attached hydrogens (tertiary/aromatic N) is 2. The summed E-state index contributed by atoms with van der Waals surface area (Å²) in [6.45, 7) is 7.13. The summed E-state index contributed by atoms with van der Waals surface area (Å²) < 4.78 is 19.7. The zero-order valence-electron chi connectivity index (χ0n) is 17.9. The molecule has 2 saturated heterocycles. The molecule has 1 N–H and O–H groups in total. The van der Waals surface area contributed by atoms with Crippen molar-refractivity contribution in [1.82, 2.24) is 5.32 Å². The zero-order valence-corrected chi connectivity index (χ0v) is 17.9. The maximum Gasteiger partial charge on any atom is 0.227 e. The van der Waals surface area contributed by atoms with Gasteiger partial charge in [0.2, 0.25) is 11.8 Å². The van der Waals surface area contributed by atoms with Crippen LogP contribution >= 0.6 is 0 Å². The molecule has 6 nitrogen and oxygen atoms in total. The lowest BCUT2D eigenvalue weighted by atomic mass is 10.0. The van der Waals surface area contributed by atoms with Crippen molar-refractivity contribution in [3.8, 4) is 0 Å². The highest BCUT2D eigenvalue weighted by Crippen LogP contribution is 2.29. The number of carbonyl (C=O) groups excluding carboxylic acids is 2. The highest BCUT2D eigenvalue weighted by molar-refractivity contribution is 6.00. The maximum absolute atomic E-state index is 14.3. The zero-order chi connectivity index (χ0) is 22.0. The van der Waals surface area contributed by atoms with Crippen LogP contribution in [0, 0.1) is 18.7 Å². The van der Waals surface area contributed by atoms with Gasteiger partial charge >= 0.3 is 0 Å². The van der Waals surface area contributed by atoms with Gasteiger partial charge in [0.15, 0.2) is 0 Å². The van der Waals surface area contributed by atoms with E-state index in [0.29, 0.717) is 0 Å². The van der Waals surface area contributed by atoms with Crippen LogP contribution in [0.4, 0.5) is 15.8 Å². The second-order valence-corrected chi connectivity index (χ2v) is 8.28. The molecule has 164 valence electrons. The number of benzene rings is 2. The molecule has 31 heavy (non-hydrogen) atoms. The van der Waals surface area contributed by atoms with Gasteiger partial charge in [0, 0.05) is 31.7 Å². The summed E-state index contributed by atoms with van der Waals surface area (Å²) in [6, 6.07) is 12.7.